The van der Waals surface area contributed by atoms with Gasteiger partial charge in [-0.1, -0.05) is 12.1 Å². The molecule has 1 saturated heterocycles. The van der Waals surface area contributed by atoms with Gasteiger partial charge in [-0.15, -0.1) is 11.8 Å². The number of thioether (sulfide) groups is 1. The molecule has 2 aromatic heterocycles. The van der Waals surface area contributed by atoms with Crippen LogP contribution in [0.5, 0.6) is 0 Å². The van der Waals surface area contributed by atoms with Crippen molar-refractivity contribution < 1.29 is 9.59 Å². The third kappa shape index (κ3) is 6.86. The zero-order chi connectivity index (χ0) is 23.8. The maximum absolute atomic E-state index is 12.9. The van der Waals surface area contributed by atoms with Crippen molar-refractivity contribution in [2.75, 3.05) is 43.4 Å². The predicted octanol–water partition coefficient (Wildman–Crippen LogP) is 3.17. The van der Waals surface area contributed by atoms with Crippen molar-refractivity contribution in [3.8, 4) is 0 Å². The minimum absolute atomic E-state index is 0.0703. The van der Waals surface area contributed by atoms with Crippen LogP contribution in [0.2, 0.25) is 0 Å². The van der Waals surface area contributed by atoms with E-state index >= 15 is 0 Å². The molecule has 1 aliphatic heterocycles. The average Bonchev–Trinajstić information content (AvgIpc) is 2.84. The van der Waals surface area contributed by atoms with Crippen LogP contribution >= 0.6 is 11.8 Å². The van der Waals surface area contributed by atoms with Gasteiger partial charge in [-0.3, -0.25) is 14.5 Å². The number of amides is 2. The standard InChI is InChI=1S/C25H28N6O2S/c1-18-4-2-5-20(14-18)29-24(33)21-6-3-8-28-25(21)34-17-19-7-9-27-22(15-19)30-23(32)16-31-12-10-26-11-13-31/h2-9,14-15,26H,10-13,16-17H2,1H3,(H,29,33)(H,27,30,32). The summed E-state index contributed by atoms with van der Waals surface area (Å²) in [5.74, 6) is 0.845. The van der Waals surface area contributed by atoms with Gasteiger partial charge in [-0.05, 0) is 54.4 Å². The van der Waals surface area contributed by atoms with Crippen LogP contribution < -0.4 is 16.0 Å². The molecule has 3 N–H and O–H groups in total. The molecule has 34 heavy (non-hydrogen) atoms. The number of pyridine rings is 2. The van der Waals surface area contributed by atoms with Gasteiger partial charge in [0, 0.05) is 50.0 Å². The fourth-order valence-electron chi connectivity index (χ4n) is 3.64. The Bertz CT molecular complexity index is 1150. The zero-order valence-corrected chi connectivity index (χ0v) is 19.9. The molecule has 0 unspecified atom stereocenters. The van der Waals surface area contributed by atoms with Gasteiger partial charge in [-0.2, -0.15) is 0 Å². The number of nitrogens with one attached hydrogen (secondary N) is 3. The third-order valence-electron chi connectivity index (χ3n) is 5.34. The van der Waals surface area contributed by atoms with Crippen LogP contribution in [0.4, 0.5) is 11.5 Å². The number of piperazine rings is 1. The Labute approximate surface area is 203 Å². The van der Waals surface area contributed by atoms with Crippen molar-refractivity contribution in [1.82, 2.24) is 20.2 Å². The third-order valence-corrected chi connectivity index (χ3v) is 6.41. The van der Waals surface area contributed by atoms with E-state index < -0.39 is 0 Å². The van der Waals surface area contributed by atoms with Crippen molar-refractivity contribution in [3.05, 3.63) is 77.6 Å². The zero-order valence-electron chi connectivity index (χ0n) is 19.1. The molecule has 0 aliphatic carbocycles. The predicted molar refractivity (Wildman–Crippen MR) is 135 cm³/mol. The maximum Gasteiger partial charge on any atom is 0.258 e. The Morgan fingerprint density at radius 2 is 1.88 bits per heavy atom. The van der Waals surface area contributed by atoms with E-state index in [1.165, 1.54) is 11.8 Å². The molecule has 1 aromatic carbocycles. The van der Waals surface area contributed by atoms with Crippen molar-refractivity contribution in [2.24, 2.45) is 0 Å². The Morgan fingerprint density at radius 3 is 2.71 bits per heavy atom. The lowest BCUT2D eigenvalue weighted by atomic mass is 10.2. The first kappa shape index (κ1) is 23.9. The van der Waals surface area contributed by atoms with Gasteiger partial charge in [0.1, 0.15) is 10.8 Å². The first-order valence-corrected chi connectivity index (χ1v) is 12.2. The van der Waals surface area contributed by atoms with E-state index in [2.05, 4.69) is 30.8 Å². The largest absolute Gasteiger partial charge is 0.322 e. The number of rotatable bonds is 8. The van der Waals surface area contributed by atoms with Gasteiger partial charge >= 0.3 is 0 Å². The summed E-state index contributed by atoms with van der Waals surface area (Å²) in [6, 6.07) is 15.0. The summed E-state index contributed by atoms with van der Waals surface area (Å²) in [7, 11) is 0. The highest BCUT2D eigenvalue weighted by atomic mass is 32.2. The average molecular weight is 477 g/mol. The van der Waals surface area contributed by atoms with Crippen LogP contribution in [0.1, 0.15) is 21.5 Å². The number of carbonyl (C=O) groups excluding carboxylic acids is 2. The highest BCUT2D eigenvalue weighted by Gasteiger charge is 2.15. The van der Waals surface area contributed by atoms with E-state index in [-0.39, 0.29) is 11.8 Å². The molecule has 3 aromatic rings. The van der Waals surface area contributed by atoms with E-state index in [1.807, 2.05) is 43.3 Å². The number of nitrogens with zero attached hydrogens (tertiary/aromatic N) is 3. The van der Waals surface area contributed by atoms with Crippen LogP contribution in [0.15, 0.2) is 66.0 Å². The second-order valence-corrected chi connectivity index (χ2v) is 9.06. The molecule has 1 aliphatic rings. The van der Waals surface area contributed by atoms with Crippen molar-refractivity contribution in [3.63, 3.8) is 0 Å². The monoisotopic (exact) mass is 476 g/mol. The number of aromatic nitrogens is 2. The fourth-order valence-corrected chi connectivity index (χ4v) is 4.57. The number of carbonyl (C=O) groups is 2. The molecule has 3 heterocycles. The molecule has 1 fully saturated rings. The summed E-state index contributed by atoms with van der Waals surface area (Å²) in [5.41, 5.74) is 3.33. The number of aryl methyl sites for hydroxylation is 1. The minimum Gasteiger partial charge on any atom is -0.322 e. The second kappa shape index (κ2) is 11.7. The number of benzene rings is 1. The molecule has 0 saturated carbocycles. The van der Waals surface area contributed by atoms with E-state index in [9.17, 15) is 9.59 Å². The number of anilines is 2. The Kier molecular flexibility index (Phi) is 8.24. The van der Waals surface area contributed by atoms with Crippen molar-refractivity contribution in [2.45, 2.75) is 17.7 Å². The molecule has 176 valence electrons. The highest BCUT2D eigenvalue weighted by Crippen LogP contribution is 2.25. The molecule has 8 nitrogen and oxygen atoms in total. The lowest BCUT2D eigenvalue weighted by Crippen LogP contribution is -2.46. The Hall–Kier alpha value is -3.27. The molecule has 4 rings (SSSR count). The van der Waals surface area contributed by atoms with Gasteiger partial charge in [0.2, 0.25) is 5.91 Å². The quantitative estimate of drug-likeness (QED) is 0.430. The van der Waals surface area contributed by atoms with E-state index in [0.717, 1.165) is 43.0 Å². The van der Waals surface area contributed by atoms with E-state index in [4.69, 9.17) is 0 Å². The Balaban J connectivity index is 1.36. The Morgan fingerprint density at radius 1 is 1.03 bits per heavy atom. The smallest absolute Gasteiger partial charge is 0.258 e. The van der Waals surface area contributed by atoms with E-state index in [0.29, 0.717) is 28.7 Å². The SMILES string of the molecule is Cc1cccc(NC(=O)c2cccnc2SCc2ccnc(NC(=O)CN3CCNCC3)c2)c1. The van der Waals surface area contributed by atoms with Gasteiger partial charge in [0.05, 0.1) is 12.1 Å². The molecule has 2 amide bonds. The lowest BCUT2D eigenvalue weighted by molar-refractivity contribution is -0.117. The molecule has 0 spiro atoms. The van der Waals surface area contributed by atoms with Crippen molar-refractivity contribution >= 4 is 35.1 Å². The molecule has 0 bridgehead atoms. The normalized spacial score (nSPS) is 13.9. The van der Waals surface area contributed by atoms with Crippen LogP contribution in [-0.2, 0) is 10.5 Å². The van der Waals surface area contributed by atoms with Crippen LogP contribution in [-0.4, -0.2) is 59.4 Å². The molecular formula is C25H28N6O2S. The minimum atomic E-state index is -0.197. The molecule has 0 atom stereocenters. The van der Waals surface area contributed by atoms with Gasteiger partial charge in [-0.25, -0.2) is 9.97 Å². The summed E-state index contributed by atoms with van der Waals surface area (Å²) < 4.78 is 0. The summed E-state index contributed by atoms with van der Waals surface area (Å²) >= 11 is 1.47. The van der Waals surface area contributed by atoms with Crippen LogP contribution in [0.3, 0.4) is 0 Å². The first-order chi connectivity index (χ1) is 16.6. The fraction of sp³-hybridized carbons (Fsp3) is 0.280. The number of hydrogen-bond donors (Lipinski definition) is 3. The van der Waals surface area contributed by atoms with Gasteiger partial charge in [0.15, 0.2) is 0 Å². The molecule has 0 radical (unpaired) electrons. The number of hydrogen-bond acceptors (Lipinski definition) is 7. The van der Waals surface area contributed by atoms with Crippen LogP contribution in [0, 0.1) is 6.92 Å². The van der Waals surface area contributed by atoms with E-state index in [1.54, 1.807) is 24.5 Å². The van der Waals surface area contributed by atoms with Crippen molar-refractivity contribution in [1.29, 1.82) is 0 Å². The van der Waals surface area contributed by atoms with Crippen LogP contribution in [0.25, 0.3) is 0 Å². The first-order valence-electron chi connectivity index (χ1n) is 11.2. The second-order valence-electron chi connectivity index (χ2n) is 8.09. The molecule has 9 heteroatoms. The lowest BCUT2D eigenvalue weighted by Gasteiger charge is -2.26. The van der Waals surface area contributed by atoms with Gasteiger partial charge in [0.25, 0.3) is 5.91 Å². The summed E-state index contributed by atoms with van der Waals surface area (Å²) in [4.78, 5) is 36.1. The summed E-state index contributed by atoms with van der Waals surface area (Å²) in [6.45, 7) is 5.86. The molecular weight excluding hydrogens is 448 g/mol. The summed E-state index contributed by atoms with van der Waals surface area (Å²) in [6.07, 6.45) is 3.36. The topological polar surface area (TPSA) is 99.2 Å². The summed E-state index contributed by atoms with van der Waals surface area (Å²) in [5, 5.41) is 9.76. The maximum atomic E-state index is 12.9. The highest BCUT2D eigenvalue weighted by molar-refractivity contribution is 7.98. The van der Waals surface area contributed by atoms with Gasteiger partial charge < -0.3 is 16.0 Å².